The second-order valence-corrected chi connectivity index (χ2v) is 6.52. The van der Waals surface area contributed by atoms with Crippen LogP contribution < -0.4 is 11.1 Å². The Hall–Kier alpha value is -1.14. The minimum atomic E-state index is -2.90. The average Bonchev–Trinajstić information content (AvgIpc) is 2.23. The van der Waals surface area contributed by atoms with Gasteiger partial charge in [-0.25, -0.2) is 8.42 Å². The third kappa shape index (κ3) is 5.14. The van der Waals surface area contributed by atoms with Crippen molar-refractivity contribution in [2.45, 2.75) is 6.42 Å². The van der Waals surface area contributed by atoms with Gasteiger partial charge in [0.15, 0.2) is 0 Å². The number of rotatable bonds is 6. The molecule has 0 saturated heterocycles. The van der Waals surface area contributed by atoms with Crippen LogP contribution in [0.2, 0.25) is 0 Å². The Morgan fingerprint density at radius 1 is 1.41 bits per heavy atom. The highest BCUT2D eigenvalue weighted by molar-refractivity contribution is 7.90. The molecule has 0 amide bonds. The van der Waals surface area contributed by atoms with E-state index in [1.54, 1.807) is 0 Å². The highest BCUT2D eigenvalue weighted by atomic mass is 32.2. The summed E-state index contributed by atoms with van der Waals surface area (Å²) in [6, 6.07) is 7.44. The molecular formula is C11H16N2O2S2. The summed E-state index contributed by atoms with van der Waals surface area (Å²) in [6.07, 6.45) is 1.79. The van der Waals surface area contributed by atoms with E-state index in [4.69, 9.17) is 18.0 Å². The lowest BCUT2D eigenvalue weighted by atomic mass is 10.2. The van der Waals surface area contributed by atoms with Gasteiger partial charge in [0.1, 0.15) is 14.8 Å². The van der Waals surface area contributed by atoms with Crippen molar-refractivity contribution in [2.75, 3.05) is 23.9 Å². The van der Waals surface area contributed by atoms with Crippen LogP contribution in [0.1, 0.15) is 12.0 Å². The first-order valence-electron chi connectivity index (χ1n) is 5.20. The average molecular weight is 272 g/mol. The third-order valence-electron chi connectivity index (χ3n) is 2.20. The van der Waals surface area contributed by atoms with Crippen molar-refractivity contribution in [3.63, 3.8) is 0 Å². The van der Waals surface area contributed by atoms with Gasteiger partial charge in [-0.15, -0.1) is 0 Å². The van der Waals surface area contributed by atoms with Crippen molar-refractivity contribution < 1.29 is 8.42 Å². The summed E-state index contributed by atoms with van der Waals surface area (Å²) in [7, 11) is -2.90. The van der Waals surface area contributed by atoms with Crippen LogP contribution in [0, 0.1) is 0 Å². The number of hydrogen-bond donors (Lipinski definition) is 2. The number of anilines is 1. The molecule has 17 heavy (non-hydrogen) atoms. The van der Waals surface area contributed by atoms with Crippen LogP contribution in [0.25, 0.3) is 0 Å². The monoisotopic (exact) mass is 272 g/mol. The van der Waals surface area contributed by atoms with Crippen LogP contribution >= 0.6 is 12.2 Å². The van der Waals surface area contributed by atoms with Crippen molar-refractivity contribution in [3.8, 4) is 0 Å². The Bertz CT molecular complexity index is 498. The van der Waals surface area contributed by atoms with Crippen LogP contribution in [0.3, 0.4) is 0 Å². The van der Waals surface area contributed by atoms with Gasteiger partial charge in [0.05, 0.1) is 5.75 Å². The van der Waals surface area contributed by atoms with Crippen molar-refractivity contribution in [2.24, 2.45) is 5.73 Å². The fraction of sp³-hybridized carbons (Fsp3) is 0.364. The van der Waals surface area contributed by atoms with Gasteiger partial charge in [-0.3, -0.25) is 0 Å². The molecule has 94 valence electrons. The number of nitrogens with two attached hydrogens (primary N) is 1. The summed E-state index contributed by atoms with van der Waals surface area (Å²) in [6.45, 7) is 0.576. The molecule has 0 heterocycles. The second kappa shape index (κ2) is 5.97. The van der Waals surface area contributed by atoms with Crippen LogP contribution in [0.5, 0.6) is 0 Å². The van der Waals surface area contributed by atoms with Crippen molar-refractivity contribution in [1.29, 1.82) is 0 Å². The standard InChI is InChI=1S/C11H16N2O2S2/c1-17(14,15)8-4-7-13-10-6-3-2-5-9(10)11(12)16/h2-3,5-6,13H,4,7-8H2,1H3,(H2,12,16). The highest BCUT2D eigenvalue weighted by Gasteiger charge is 2.04. The number of sulfone groups is 1. The number of thiocarbonyl (C=S) groups is 1. The largest absolute Gasteiger partial charge is 0.389 e. The summed E-state index contributed by atoms with van der Waals surface area (Å²) in [5.41, 5.74) is 7.20. The van der Waals surface area contributed by atoms with Crippen molar-refractivity contribution >= 4 is 32.7 Å². The maximum Gasteiger partial charge on any atom is 0.147 e. The first-order chi connectivity index (χ1) is 7.90. The maximum atomic E-state index is 10.9. The topological polar surface area (TPSA) is 72.2 Å². The number of para-hydroxylation sites is 1. The summed E-state index contributed by atoms with van der Waals surface area (Å²) >= 11 is 4.93. The zero-order chi connectivity index (χ0) is 12.9. The maximum absolute atomic E-state index is 10.9. The first kappa shape index (κ1) is 13.9. The van der Waals surface area contributed by atoms with E-state index in [2.05, 4.69) is 5.32 Å². The van der Waals surface area contributed by atoms with E-state index in [9.17, 15) is 8.42 Å². The minimum Gasteiger partial charge on any atom is -0.389 e. The molecule has 0 spiro atoms. The molecule has 0 saturated carbocycles. The van der Waals surface area contributed by atoms with E-state index in [1.807, 2.05) is 24.3 Å². The zero-order valence-electron chi connectivity index (χ0n) is 9.64. The molecule has 0 aromatic heterocycles. The predicted octanol–water partition coefficient (Wildman–Crippen LogP) is 1.17. The smallest absolute Gasteiger partial charge is 0.147 e. The Kier molecular flexibility index (Phi) is 4.89. The van der Waals surface area contributed by atoms with Gasteiger partial charge >= 0.3 is 0 Å². The Morgan fingerprint density at radius 3 is 2.65 bits per heavy atom. The van der Waals surface area contributed by atoms with Gasteiger partial charge in [-0.2, -0.15) is 0 Å². The molecule has 1 aromatic rings. The van der Waals surface area contributed by atoms with Gasteiger partial charge in [0, 0.05) is 24.1 Å². The van der Waals surface area contributed by atoms with Crippen LogP contribution in [0.15, 0.2) is 24.3 Å². The third-order valence-corrected chi connectivity index (χ3v) is 3.45. The first-order valence-corrected chi connectivity index (χ1v) is 7.67. The normalized spacial score (nSPS) is 11.1. The lowest BCUT2D eigenvalue weighted by Crippen LogP contribution is -2.15. The highest BCUT2D eigenvalue weighted by Crippen LogP contribution is 2.14. The molecule has 0 fully saturated rings. The molecule has 0 aliphatic carbocycles. The molecule has 0 unspecified atom stereocenters. The molecule has 0 atom stereocenters. The van der Waals surface area contributed by atoms with E-state index in [-0.39, 0.29) is 5.75 Å². The molecule has 0 bridgehead atoms. The summed E-state index contributed by atoms with van der Waals surface area (Å²) in [4.78, 5) is 0.330. The van der Waals surface area contributed by atoms with Gasteiger partial charge in [-0.1, -0.05) is 24.4 Å². The molecule has 0 aliphatic heterocycles. The van der Waals surface area contributed by atoms with Crippen molar-refractivity contribution in [3.05, 3.63) is 29.8 Å². The SMILES string of the molecule is CS(=O)(=O)CCCNc1ccccc1C(N)=S. The molecule has 3 N–H and O–H groups in total. The predicted molar refractivity (Wildman–Crippen MR) is 75.1 cm³/mol. The van der Waals surface area contributed by atoms with Crippen molar-refractivity contribution in [1.82, 2.24) is 0 Å². The van der Waals surface area contributed by atoms with E-state index in [1.165, 1.54) is 6.26 Å². The number of benzene rings is 1. The van der Waals surface area contributed by atoms with Crippen LogP contribution in [-0.2, 0) is 9.84 Å². The molecule has 6 heteroatoms. The quantitative estimate of drug-likeness (QED) is 0.601. The molecule has 0 radical (unpaired) electrons. The van der Waals surface area contributed by atoms with Gasteiger partial charge in [-0.05, 0) is 18.6 Å². The molecule has 0 aliphatic rings. The van der Waals surface area contributed by atoms with E-state index in [0.29, 0.717) is 18.0 Å². The fourth-order valence-corrected chi connectivity index (χ4v) is 2.26. The van der Waals surface area contributed by atoms with Gasteiger partial charge in [0.2, 0.25) is 0 Å². The fourth-order valence-electron chi connectivity index (χ4n) is 1.41. The lowest BCUT2D eigenvalue weighted by molar-refractivity contribution is 0.600. The van der Waals surface area contributed by atoms with Gasteiger partial charge in [0.25, 0.3) is 0 Å². The Balaban J connectivity index is 2.55. The molecular weight excluding hydrogens is 256 g/mol. The Morgan fingerprint density at radius 2 is 2.06 bits per heavy atom. The molecule has 1 rings (SSSR count). The molecule has 1 aromatic carbocycles. The van der Waals surface area contributed by atoms with E-state index in [0.717, 1.165) is 11.3 Å². The number of nitrogens with one attached hydrogen (secondary N) is 1. The van der Waals surface area contributed by atoms with Crippen LogP contribution in [0.4, 0.5) is 5.69 Å². The van der Waals surface area contributed by atoms with Gasteiger partial charge < -0.3 is 11.1 Å². The zero-order valence-corrected chi connectivity index (χ0v) is 11.3. The summed E-state index contributed by atoms with van der Waals surface area (Å²) in [5.74, 6) is 0.176. The minimum absolute atomic E-state index is 0.176. The molecule has 4 nitrogen and oxygen atoms in total. The van der Waals surface area contributed by atoms with E-state index < -0.39 is 9.84 Å². The summed E-state index contributed by atoms with van der Waals surface area (Å²) < 4.78 is 21.9. The van der Waals surface area contributed by atoms with Crippen LogP contribution in [-0.4, -0.2) is 32.0 Å². The summed E-state index contributed by atoms with van der Waals surface area (Å²) in [5, 5.41) is 3.14. The second-order valence-electron chi connectivity index (χ2n) is 3.82. The lowest BCUT2D eigenvalue weighted by Gasteiger charge is -2.10. The van der Waals surface area contributed by atoms with E-state index >= 15 is 0 Å². The number of hydrogen-bond acceptors (Lipinski definition) is 4. The Labute approximate surface area is 107 Å².